The predicted octanol–water partition coefficient (Wildman–Crippen LogP) is 7.41. The van der Waals surface area contributed by atoms with E-state index in [1.54, 1.807) is 12.1 Å². The monoisotopic (exact) mass is 500 g/mol. The van der Waals surface area contributed by atoms with Gasteiger partial charge in [0.15, 0.2) is 0 Å². The molecule has 5 heteroatoms. The van der Waals surface area contributed by atoms with Crippen LogP contribution in [-0.2, 0) is 0 Å². The molecule has 0 fully saturated rings. The van der Waals surface area contributed by atoms with Crippen LogP contribution in [0.1, 0.15) is 0 Å². The first kappa shape index (κ1) is 15.4. The molecule has 4 rings (SSSR count). The van der Waals surface area contributed by atoms with Crippen molar-refractivity contribution in [2.45, 2.75) is 0 Å². The van der Waals surface area contributed by atoms with Crippen molar-refractivity contribution in [1.82, 2.24) is 0 Å². The van der Waals surface area contributed by atoms with E-state index in [4.69, 9.17) is 16.0 Å². The van der Waals surface area contributed by atoms with E-state index >= 15 is 0 Å². The normalized spacial score (nSPS) is 11.5. The maximum absolute atomic E-state index is 14.4. The standard InChI is InChI=1S/C18H8BrClFIO/c19-15-7-10(20)6-14(18(15)21)9-1-3-12-13-4-2-11(22)8-17(13)23-16(12)5-9/h1-8H. The van der Waals surface area contributed by atoms with Crippen LogP contribution < -0.4 is 0 Å². The van der Waals surface area contributed by atoms with Gasteiger partial charge in [0.2, 0.25) is 0 Å². The first-order valence-corrected chi connectivity index (χ1v) is 9.04. The van der Waals surface area contributed by atoms with Crippen LogP contribution in [0.4, 0.5) is 4.39 Å². The fourth-order valence-electron chi connectivity index (χ4n) is 2.68. The van der Waals surface area contributed by atoms with Crippen molar-refractivity contribution in [1.29, 1.82) is 0 Å². The molecule has 0 radical (unpaired) electrons. The van der Waals surface area contributed by atoms with Gasteiger partial charge in [0.1, 0.15) is 17.0 Å². The predicted molar refractivity (Wildman–Crippen MR) is 105 cm³/mol. The third-order valence-electron chi connectivity index (χ3n) is 3.74. The summed E-state index contributed by atoms with van der Waals surface area (Å²) in [6.45, 7) is 0. The van der Waals surface area contributed by atoms with Gasteiger partial charge in [-0.05, 0) is 86.5 Å². The molecule has 0 spiro atoms. The lowest BCUT2D eigenvalue weighted by molar-refractivity contribution is 0.624. The first-order valence-electron chi connectivity index (χ1n) is 6.79. The second-order valence-corrected chi connectivity index (χ2v) is 7.74. The SMILES string of the molecule is Fc1c(Br)cc(Cl)cc1-c1ccc2c(c1)oc1cc(I)ccc12. The number of hydrogen-bond donors (Lipinski definition) is 0. The van der Waals surface area contributed by atoms with Crippen LogP contribution in [-0.4, -0.2) is 0 Å². The lowest BCUT2D eigenvalue weighted by Gasteiger charge is -2.06. The molecule has 3 aromatic carbocycles. The quantitative estimate of drug-likeness (QED) is 0.196. The molecule has 0 saturated heterocycles. The summed E-state index contributed by atoms with van der Waals surface area (Å²) in [6, 6.07) is 14.9. The Kier molecular flexibility index (Phi) is 3.86. The molecule has 1 aromatic heterocycles. The lowest BCUT2D eigenvalue weighted by atomic mass is 10.0. The van der Waals surface area contributed by atoms with Crippen molar-refractivity contribution in [3.05, 3.63) is 67.4 Å². The van der Waals surface area contributed by atoms with Crippen molar-refractivity contribution < 1.29 is 8.81 Å². The molecule has 1 heterocycles. The molecule has 23 heavy (non-hydrogen) atoms. The number of rotatable bonds is 1. The van der Waals surface area contributed by atoms with Crippen LogP contribution in [0, 0.1) is 9.39 Å². The Hall–Kier alpha value is -1.11. The number of fused-ring (bicyclic) bond motifs is 3. The fraction of sp³-hybridized carbons (Fsp3) is 0. The zero-order valence-electron chi connectivity index (χ0n) is 11.5. The van der Waals surface area contributed by atoms with Gasteiger partial charge < -0.3 is 4.42 Å². The Balaban J connectivity index is 1.98. The topological polar surface area (TPSA) is 13.1 Å². The smallest absolute Gasteiger partial charge is 0.145 e. The van der Waals surface area contributed by atoms with E-state index in [-0.39, 0.29) is 5.82 Å². The molecule has 0 aliphatic carbocycles. The maximum atomic E-state index is 14.4. The lowest BCUT2D eigenvalue weighted by Crippen LogP contribution is -1.86. The molecular formula is C18H8BrClFIO. The van der Waals surface area contributed by atoms with E-state index in [2.05, 4.69) is 38.5 Å². The fourth-order valence-corrected chi connectivity index (χ4v) is 3.96. The van der Waals surface area contributed by atoms with Gasteiger partial charge in [-0.3, -0.25) is 0 Å². The Bertz CT molecular complexity index is 1070. The van der Waals surface area contributed by atoms with Gasteiger partial charge >= 0.3 is 0 Å². The maximum Gasteiger partial charge on any atom is 0.145 e. The highest BCUT2D eigenvalue weighted by atomic mass is 127. The van der Waals surface area contributed by atoms with Crippen LogP contribution >= 0.6 is 50.1 Å². The van der Waals surface area contributed by atoms with Gasteiger partial charge in [0.25, 0.3) is 0 Å². The molecule has 0 bridgehead atoms. The molecular weight excluding hydrogens is 493 g/mol. The highest BCUT2D eigenvalue weighted by Crippen LogP contribution is 2.36. The zero-order valence-corrected chi connectivity index (χ0v) is 16.0. The van der Waals surface area contributed by atoms with Crippen LogP contribution in [0.25, 0.3) is 33.1 Å². The van der Waals surface area contributed by atoms with E-state index in [9.17, 15) is 4.39 Å². The van der Waals surface area contributed by atoms with Crippen molar-refractivity contribution in [2.75, 3.05) is 0 Å². The highest BCUT2D eigenvalue weighted by Gasteiger charge is 2.13. The third kappa shape index (κ3) is 2.66. The second-order valence-electron chi connectivity index (χ2n) is 5.20. The summed E-state index contributed by atoms with van der Waals surface area (Å²) < 4.78 is 21.8. The summed E-state index contributed by atoms with van der Waals surface area (Å²) in [5.41, 5.74) is 2.74. The van der Waals surface area contributed by atoms with Gasteiger partial charge in [0.05, 0.1) is 4.47 Å². The van der Waals surface area contributed by atoms with E-state index in [0.29, 0.717) is 15.1 Å². The number of hydrogen-bond acceptors (Lipinski definition) is 1. The Morgan fingerprint density at radius 2 is 1.65 bits per heavy atom. The van der Waals surface area contributed by atoms with Gasteiger partial charge in [-0.1, -0.05) is 17.7 Å². The molecule has 0 aliphatic heterocycles. The third-order valence-corrected chi connectivity index (χ3v) is 5.21. The van der Waals surface area contributed by atoms with Gasteiger partial charge in [-0.2, -0.15) is 0 Å². The average Bonchev–Trinajstić information content (AvgIpc) is 2.87. The van der Waals surface area contributed by atoms with E-state index in [1.165, 1.54) is 0 Å². The Morgan fingerprint density at radius 1 is 0.957 bits per heavy atom. The molecule has 0 amide bonds. The molecule has 0 saturated carbocycles. The minimum absolute atomic E-state index is 0.334. The van der Waals surface area contributed by atoms with Crippen LogP contribution in [0.15, 0.2) is 57.4 Å². The zero-order chi connectivity index (χ0) is 16.1. The molecule has 1 nitrogen and oxygen atoms in total. The molecule has 0 unspecified atom stereocenters. The molecule has 4 aromatic rings. The molecule has 0 aliphatic rings. The Morgan fingerprint density at radius 3 is 2.43 bits per heavy atom. The van der Waals surface area contributed by atoms with Crippen LogP contribution in [0.3, 0.4) is 0 Å². The summed E-state index contributed by atoms with van der Waals surface area (Å²) in [6.07, 6.45) is 0. The van der Waals surface area contributed by atoms with Crippen molar-refractivity contribution >= 4 is 72.1 Å². The summed E-state index contributed by atoms with van der Waals surface area (Å²) in [7, 11) is 0. The van der Waals surface area contributed by atoms with Crippen molar-refractivity contribution in [3.8, 4) is 11.1 Å². The summed E-state index contributed by atoms with van der Waals surface area (Å²) in [4.78, 5) is 0. The molecule has 114 valence electrons. The van der Waals surface area contributed by atoms with E-state index in [1.807, 2.05) is 36.4 Å². The highest BCUT2D eigenvalue weighted by molar-refractivity contribution is 14.1. The van der Waals surface area contributed by atoms with Crippen LogP contribution in [0.2, 0.25) is 5.02 Å². The molecule has 0 N–H and O–H groups in total. The van der Waals surface area contributed by atoms with Gasteiger partial charge in [-0.15, -0.1) is 0 Å². The van der Waals surface area contributed by atoms with Crippen LogP contribution in [0.5, 0.6) is 0 Å². The van der Waals surface area contributed by atoms with Gasteiger partial charge in [0, 0.05) is 24.9 Å². The second kappa shape index (κ2) is 5.76. The van der Waals surface area contributed by atoms with E-state index < -0.39 is 0 Å². The summed E-state index contributed by atoms with van der Waals surface area (Å²) in [5.74, 6) is -0.334. The number of furan rings is 1. The summed E-state index contributed by atoms with van der Waals surface area (Å²) in [5, 5.41) is 2.55. The summed E-state index contributed by atoms with van der Waals surface area (Å²) >= 11 is 11.5. The van der Waals surface area contributed by atoms with Crippen molar-refractivity contribution in [3.63, 3.8) is 0 Å². The molecule has 0 atom stereocenters. The number of halogens is 4. The average molecular weight is 502 g/mol. The van der Waals surface area contributed by atoms with Crippen molar-refractivity contribution in [2.24, 2.45) is 0 Å². The van der Waals surface area contributed by atoms with E-state index in [0.717, 1.165) is 31.1 Å². The van der Waals surface area contributed by atoms with Gasteiger partial charge in [-0.25, -0.2) is 4.39 Å². The minimum Gasteiger partial charge on any atom is -0.456 e. The Labute approximate surface area is 158 Å². The number of benzene rings is 3. The largest absolute Gasteiger partial charge is 0.456 e. The minimum atomic E-state index is -0.334. The first-order chi connectivity index (χ1) is 11.0.